The van der Waals surface area contributed by atoms with Gasteiger partial charge in [-0.05, 0) is 69.7 Å². The summed E-state index contributed by atoms with van der Waals surface area (Å²) in [6, 6.07) is 2.11. The highest BCUT2D eigenvalue weighted by molar-refractivity contribution is 7.84. The number of piperidine rings is 1. The third kappa shape index (κ3) is 3.16. The first-order valence-corrected chi connectivity index (χ1v) is 9.42. The molecule has 0 amide bonds. The van der Waals surface area contributed by atoms with Crippen molar-refractivity contribution < 1.29 is 8.95 Å². The molecule has 23 heavy (non-hydrogen) atoms. The van der Waals surface area contributed by atoms with Crippen LogP contribution in [0.5, 0.6) is 5.88 Å². The summed E-state index contributed by atoms with van der Waals surface area (Å²) in [4.78, 5) is 4.37. The van der Waals surface area contributed by atoms with E-state index in [-0.39, 0.29) is 16.2 Å². The molecule has 1 aliphatic carbocycles. The van der Waals surface area contributed by atoms with Crippen molar-refractivity contribution in [1.29, 1.82) is 0 Å². The summed E-state index contributed by atoms with van der Waals surface area (Å²) in [6.45, 7) is 8.05. The Kier molecular flexibility index (Phi) is 4.51. The highest BCUT2D eigenvalue weighted by Gasteiger charge is 2.48. The smallest absolute Gasteiger partial charge is 0.213 e. The fourth-order valence-corrected chi connectivity index (χ4v) is 4.63. The molecule has 3 rings (SSSR count). The van der Waals surface area contributed by atoms with Gasteiger partial charge in [0.2, 0.25) is 5.88 Å². The van der Waals surface area contributed by atoms with Crippen LogP contribution in [0.25, 0.3) is 0 Å². The number of ether oxygens (including phenoxy) is 1. The Bertz CT molecular complexity index is 606. The summed E-state index contributed by atoms with van der Waals surface area (Å²) in [6.07, 6.45) is 5.10. The Morgan fingerprint density at radius 1 is 1.39 bits per heavy atom. The van der Waals surface area contributed by atoms with Crippen molar-refractivity contribution in [3.63, 3.8) is 0 Å². The summed E-state index contributed by atoms with van der Waals surface area (Å²) in [7, 11) is 0.536. The van der Waals surface area contributed by atoms with Crippen LogP contribution in [0.2, 0.25) is 0 Å². The van der Waals surface area contributed by atoms with Crippen LogP contribution in [0.3, 0.4) is 0 Å². The Labute approximate surface area is 141 Å². The SMILES string of the molecule is COc1cc2c(cn1)CC1(CCNCC1)[C@@H]2NS(=O)C(C)(C)C. The zero-order chi connectivity index (χ0) is 16.7. The summed E-state index contributed by atoms with van der Waals surface area (Å²) >= 11 is 0. The zero-order valence-corrected chi connectivity index (χ0v) is 15.3. The minimum Gasteiger partial charge on any atom is -0.481 e. The minimum absolute atomic E-state index is 0.0940. The van der Waals surface area contributed by atoms with Crippen LogP contribution in [0.4, 0.5) is 0 Å². The molecule has 1 aromatic heterocycles. The first-order valence-electron chi connectivity index (χ1n) is 8.27. The summed E-state index contributed by atoms with van der Waals surface area (Å²) in [5.74, 6) is 0.628. The summed E-state index contributed by atoms with van der Waals surface area (Å²) in [5, 5.41) is 3.45. The quantitative estimate of drug-likeness (QED) is 0.887. The van der Waals surface area contributed by atoms with E-state index in [2.05, 4.69) is 15.0 Å². The fourth-order valence-electron chi connectivity index (χ4n) is 3.68. The van der Waals surface area contributed by atoms with Crippen LogP contribution < -0.4 is 14.8 Å². The third-order valence-corrected chi connectivity index (χ3v) is 6.61. The first kappa shape index (κ1) is 16.9. The summed E-state index contributed by atoms with van der Waals surface area (Å²) < 4.78 is 21.2. The molecule has 0 saturated carbocycles. The van der Waals surface area contributed by atoms with Gasteiger partial charge in [-0.2, -0.15) is 0 Å². The van der Waals surface area contributed by atoms with E-state index in [0.717, 1.165) is 32.4 Å². The standard InChI is InChI=1S/C17H27N3O2S/c1-16(2,3)23(21)20-15-13-9-14(22-4)19-11-12(13)10-17(15)5-7-18-8-6-17/h9,11,15,18,20H,5-8,10H2,1-4H3/t15-,23?/m1/s1. The Morgan fingerprint density at radius 3 is 2.70 bits per heavy atom. The molecule has 2 atom stereocenters. The van der Waals surface area contributed by atoms with E-state index in [0.29, 0.717) is 5.88 Å². The van der Waals surface area contributed by atoms with Gasteiger partial charge in [0.25, 0.3) is 0 Å². The van der Waals surface area contributed by atoms with Gasteiger partial charge in [0, 0.05) is 12.3 Å². The molecule has 128 valence electrons. The van der Waals surface area contributed by atoms with Crippen LogP contribution in [-0.4, -0.2) is 34.1 Å². The molecule has 1 fully saturated rings. The lowest BCUT2D eigenvalue weighted by Gasteiger charge is -2.40. The monoisotopic (exact) mass is 337 g/mol. The number of nitrogens with zero attached hydrogens (tertiary/aromatic N) is 1. The van der Waals surface area contributed by atoms with Crippen molar-refractivity contribution in [3.8, 4) is 5.88 Å². The van der Waals surface area contributed by atoms with Gasteiger partial charge in [0.05, 0.1) is 28.9 Å². The lowest BCUT2D eigenvalue weighted by Crippen LogP contribution is -2.46. The fraction of sp³-hybridized carbons (Fsp3) is 0.706. The van der Waals surface area contributed by atoms with Crippen LogP contribution in [0.1, 0.15) is 50.8 Å². The first-order chi connectivity index (χ1) is 10.9. The predicted molar refractivity (Wildman–Crippen MR) is 92.8 cm³/mol. The largest absolute Gasteiger partial charge is 0.481 e. The highest BCUT2D eigenvalue weighted by atomic mass is 32.2. The maximum Gasteiger partial charge on any atom is 0.213 e. The maximum absolute atomic E-state index is 12.7. The van der Waals surface area contributed by atoms with E-state index in [1.807, 2.05) is 33.0 Å². The molecule has 1 aliphatic heterocycles. The molecular formula is C17H27N3O2S. The minimum atomic E-state index is -1.10. The van der Waals surface area contributed by atoms with Crippen LogP contribution in [-0.2, 0) is 17.4 Å². The molecule has 1 spiro atoms. The van der Waals surface area contributed by atoms with Gasteiger partial charge in [0.15, 0.2) is 0 Å². The van der Waals surface area contributed by atoms with Crippen LogP contribution >= 0.6 is 0 Å². The Hall–Kier alpha value is -0.980. The molecule has 2 aliphatic rings. The molecule has 2 N–H and O–H groups in total. The molecule has 0 aromatic carbocycles. The number of rotatable bonds is 3. The number of fused-ring (bicyclic) bond motifs is 1. The normalized spacial score (nSPS) is 24.4. The van der Waals surface area contributed by atoms with Crippen LogP contribution in [0.15, 0.2) is 12.3 Å². The maximum atomic E-state index is 12.7. The van der Waals surface area contributed by atoms with Gasteiger partial charge >= 0.3 is 0 Å². The second-order valence-corrected chi connectivity index (χ2v) is 9.64. The lowest BCUT2D eigenvalue weighted by atomic mass is 9.73. The van der Waals surface area contributed by atoms with Crippen molar-refractivity contribution in [1.82, 2.24) is 15.0 Å². The van der Waals surface area contributed by atoms with Gasteiger partial charge in [-0.3, -0.25) is 0 Å². The number of aromatic nitrogens is 1. The predicted octanol–water partition coefficient (Wildman–Crippen LogP) is 2.11. The number of nitrogens with one attached hydrogen (secondary N) is 2. The number of pyridine rings is 1. The van der Waals surface area contributed by atoms with Gasteiger partial charge in [0.1, 0.15) is 0 Å². The average Bonchev–Trinajstić information content (AvgIpc) is 2.79. The molecule has 1 unspecified atom stereocenters. The van der Waals surface area contributed by atoms with E-state index in [1.165, 1.54) is 11.1 Å². The molecule has 2 heterocycles. The molecular weight excluding hydrogens is 310 g/mol. The van der Waals surface area contributed by atoms with Gasteiger partial charge in [-0.15, -0.1) is 0 Å². The van der Waals surface area contributed by atoms with E-state index in [1.54, 1.807) is 7.11 Å². The van der Waals surface area contributed by atoms with Crippen molar-refractivity contribution in [2.75, 3.05) is 20.2 Å². The lowest BCUT2D eigenvalue weighted by molar-refractivity contribution is 0.164. The zero-order valence-electron chi connectivity index (χ0n) is 14.4. The van der Waals surface area contributed by atoms with Crippen molar-refractivity contribution in [2.24, 2.45) is 5.41 Å². The summed E-state index contributed by atoms with van der Waals surface area (Å²) in [5.41, 5.74) is 2.59. The van der Waals surface area contributed by atoms with Gasteiger partial charge < -0.3 is 10.1 Å². The second kappa shape index (κ2) is 6.15. The van der Waals surface area contributed by atoms with E-state index < -0.39 is 11.0 Å². The topological polar surface area (TPSA) is 63.2 Å². The van der Waals surface area contributed by atoms with Crippen molar-refractivity contribution in [3.05, 3.63) is 23.4 Å². The molecule has 1 saturated heterocycles. The molecule has 0 bridgehead atoms. The number of hydrogen-bond donors (Lipinski definition) is 2. The molecule has 1 aromatic rings. The van der Waals surface area contributed by atoms with Crippen LogP contribution in [0, 0.1) is 5.41 Å². The van der Waals surface area contributed by atoms with Crippen molar-refractivity contribution >= 4 is 11.0 Å². The van der Waals surface area contributed by atoms with Gasteiger partial charge in [-0.1, -0.05) is 0 Å². The Morgan fingerprint density at radius 2 is 2.09 bits per heavy atom. The van der Waals surface area contributed by atoms with E-state index >= 15 is 0 Å². The van der Waals surface area contributed by atoms with Gasteiger partial charge in [-0.25, -0.2) is 13.9 Å². The van der Waals surface area contributed by atoms with Crippen molar-refractivity contribution in [2.45, 2.75) is 50.8 Å². The molecule has 0 radical (unpaired) electrons. The van der Waals surface area contributed by atoms with E-state index in [4.69, 9.17) is 4.74 Å². The number of hydrogen-bond acceptors (Lipinski definition) is 4. The van der Waals surface area contributed by atoms with E-state index in [9.17, 15) is 4.21 Å². The number of methoxy groups -OCH3 is 1. The second-order valence-electron chi connectivity index (χ2n) is 7.65. The molecule has 6 heteroatoms. The Balaban J connectivity index is 1.98. The average molecular weight is 337 g/mol. The third-order valence-electron chi connectivity index (χ3n) is 5.05. The highest BCUT2D eigenvalue weighted by Crippen LogP contribution is 2.51. The molecule has 5 nitrogen and oxygen atoms in total.